The number of esters is 1. The van der Waals surface area contributed by atoms with Crippen molar-refractivity contribution in [2.45, 2.75) is 37.9 Å². The fourth-order valence-electron chi connectivity index (χ4n) is 1.73. The third-order valence-electron chi connectivity index (χ3n) is 2.23. The van der Waals surface area contributed by atoms with Crippen LogP contribution in [0.25, 0.3) is 0 Å². The Labute approximate surface area is 104 Å². The first kappa shape index (κ1) is 11.6. The second kappa shape index (κ2) is 3.84. The molecule has 0 aromatic heterocycles. The van der Waals surface area contributed by atoms with Gasteiger partial charge in [-0.05, 0) is 51.8 Å². The summed E-state index contributed by atoms with van der Waals surface area (Å²) in [5, 5.41) is 0. The van der Waals surface area contributed by atoms with Crippen molar-refractivity contribution in [3.8, 4) is 0 Å². The second-order valence-corrected chi connectivity index (χ2v) is 6.65. The number of carbonyl (C=O) groups is 1. The summed E-state index contributed by atoms with van der Waals surface area (Å²) >= 11 is 6.44. The van der Waals surface area contributed by atoms with Gasteiger partial charge in [0.25, 0.3) is 0 Å². The molecule has 0 N–H and O–H groups in total. The minimum atomic E-state index is -0.723. The molecule has 0 bridgehead atoms. The first-order valence-electron chi connectivity index (χ1n) is 4.48. The predicted octanol–water partition coefficient (Wildman–Crippen LogP) is 2.06. The molecule has 2 aliphatic heterocycles. The van der Waals surface area contributed by atoms with Gasteiger partial charge in [-0.3, -0.25) is 0 Å². The van der Waals surface area contributed by atoms with E-state index < -0.39 is 18.0 Å². The molecule has 0 aliphatic carbocycles. The molecule has 15 heavy (non-hydrogen) atoms. The molecule has 0 radical (unpaired) electrons. The second-order valence-electron chi connectivity index (χ2n) is 3.88. The van der Waals surface area contributed by atoms with Crippen molar-refractivity contribution in [3.05, 3.63) is 9.47 Å². The zero-order chi connectivity index (χ0) is 11.2. The molecule has 2 saturated heterocycles. The Morgan fingerprint density at radius 2 is 2.07 bits per heavy atom. The molecule has 84 valence electrons. The van der Waals surface area contributed by atoms with E-state index in [4.69, 9.17) is 14.2 Å². The number of ether oxygens (including phenoxy) is 3. The number of carbonyl (C=O) groups excluding carboxylic acids is 1. The zero-order valence-corrected chi connectivity index (χ0v) is 11.4. The highest BCUT2D eigenvalue weighted by atomic mass is 79.9. The Kier molecular flexibility index (Phi) is 2.96. The Morgan fingerprint density at radius 1 is 1.40 bits per heavy atom. The van der Waals surface area contributed by atoms with Gasteiger partial charge in [-0.15, -0.1) is 0 Å². The summed E-state index contributed by atoms with van der Waals surface area (Å²) in [6.45, 7) is 3.56. The van der Waals surface area contributed by atoms with Gasteiger partial charge >= 0.3 is 5.97 Å². The molecule has 3 atom stereocenters. The first-order chi connectivity index (χ1) is 6.89. The van der Waals surface area contributed by atoms with Crippen LogP contribution in [0.2, 0.25) is 0 Å². The Balaban J connectivity index is 2.19. The van der Waals surface area contributed by atoms with Crippen LogP contribution < -0.4 is 0 Å². The van der Waals surface area contributed by atoms with Crippen LogP contribution in [0.3, 0.4) is 0 Å². The molecule has 4 nitrogen and oxygen atoms in total. The van der Waals surface area contributed by atoms with Gasteiger partial charge in [0.15, 0.2) is 18.0 Å². The number of hydrogen-bond acceptors (Lipinski definition) is 4. The van der Waals surface area contributed by atoms with Gasteiger partial charge in [0.2, 0.25) is 0 Å². The van der Waals surface area contributed by atoms with Crippen molar-refractivity contribution in [2.75, 3.05) is 0 Å². The molecule has 6 heteroatoms. The molecule has 2 aliphatic rings. The van der Waals surface area contributed by atoms with Gasteiger partial charge in [0, 0.05) is 0 Å². The third kappa shape index (κ3) is 2.27. The lowest BCUT2D eigenvalue weighted by Gasteiger charge is -2.19. The van der Waals surface area contributed by atoms with Gasteiger partial charge in [0.1, 0.15) is 6.10 Å². The van der Waals surface area contributed by atoms with Crippen LogP contribution in [0, 0.1) is 0 Å². The monoisotopic (exact) mass is 340 g/mol. The van der Waals surface area contributed by atoms with E-state index in [0.29, 0.717) is 0 Å². The summed E-state index contributed by atoms with van der Waals surface area (Å²) in [4.78, 5) is 11.4. The molecule has 0 spiro atoms. The number of halogens is 2. The molecule has 0 saturated carbocycles. The molecule has 2 rings (SSSR count). The summed E-state index contributed by atoms with van der Waals surface area (Å²) in [6.07, 6.45) is 0.351. The molecular formula is C9H10Br2O4. The van der Waals surface area contributed by atoms with Crippen molar-refractivity contribution in [1.82, 2.24) is 0 Å². The van der Waals surface area contributed by atoms with Crippen LogP contribution in [0.5, 0.6) is 0 Å². The zero-order valence-electron chi connectivity index (χ0n) is 8.20. The Morgan fingerprint density at radius 3 is 2.67 bits per heavy atom. The van der Waals surface area contributed by atoms with Crippen molar-refractivity contribution in [3.63, 3.8) is 0 Å². The third-order valence-corrected chi connectivity index (χ3v) is 2.76. The number of cyclic esters (lactones) is 1. The van der Waals surface area contributed by atoms with Crippen molar-refractivity contribution >= 4 is 37.8 Å². The van der Waals surface area contributed by atoms with E-state index >= 15 is 0 Å². The molecule has 2 fully saturated rings. The van der Waals surface area contributed by atoms with Crippen molar-refractivity contribution in [1.29, 1.82) is 0 Å². The summed E-state index contributed by atoms with van der Waals surface area (Å²) in [5.74, 6) is -1.09. The number of fused-ring (bicyclic) bond motifs is 1. The summed E-state index contributed by atoms with van der Waals surface area (Å²) < 4.78 is 16.9. The van der Waals surface area contributed by atoms with Crippen LogP contribution in [0.4, 0.5) is 0 Å². The number of hydrogen-bond donors (Lipinski definition) is 0. The molecule has 0 unspecified atom stereocenters. The maximum atomic E-state index is 11.4. The minimum absolute atomic E-state index is 0.363. The topological polar surface area (TPSA) is 44.8 Å². The Bertz CT molecular complexity index is 322. The predicted molar refractivity (Wildman–Crippen MR) is 59.6 cm³/mol. The highest BCUT2D eigenvalue weighted by Gasteiger charge is 2.55. The Hall–Kier alpha value is 0.0900. The van der Waals surface area contributed by atoms with Crippen LogP contribution in [0.15, 0.2) is 9.47 Å². The lowest BCUT2D eigenvalue weighted by Crippen LogP contribution is -2.28. The summed E-state index contributed by atoms with van der Waals surface area (Å²) in [5.41, 5.74) is 0. The van der Waals surface area contributed by atoms with E-state index in [0.717, 1.165) is 3.39 Å². The highest BCUT2D eigenvalue weighted by molar-refractivity contribution is 9.28. The molecule has 0 amide bonds. The van der Waals surface area contributed by atoms with Gasteiger partial charge in [-0.25, -0.2) is 4.79 Å². The van der Waals surface area contributed by atoms with Gasteiger partial charge < -0.3 is 14.2 Å². The van der Waals surface area contributed by atoms with Crippen LogP contribution >= 0.6 is 31.9 Å². The smallest absolute Gasteiger partial charge is 0.339 e. The van der Waals surface area contributed by atoms with Gasteiger partial charge in [-0.2, -0.15) is 0 Å². The fourth-order valence-corrected chi connectivity index (χ4v) is 2.25. The van der Waals surface area contributed by atoms with E-state index in [1.54, 1.807) is 19.9 Å². The van der Waals surface area contributed by atoms with Gasteiger partial charge in [-0.1, -0.05) is 0 Å². The normalized spacial score (nSPS) is 37.3. The van der Waals surface area contributed by atoms with E-state index in [1.807, 2.05) is 0 Å². The van der Waals surface area contributed by atoms with Crippen LogP contribution in [0.1, 0.15) is 13.8 Å². The van der Waals surface area contributed by atoms with E-state index in [2.05, 4.69) is 31.9 Å². The molecule has 0 aromatic rings. The van der Waals surface area contributed by atoms with Gasteiger partial charge in [0.05, 0.1) is 3.39 Å². The quantitative estimate of drug-likeness (QED) is 0.685. The highest BCUT2D eigenvalue weighted by Crippen LogP contribution is 2.37. The van der Waals surface area contributed by atoms with Crippen LogP contribution in [-0.4, -0.2) is 30.1 Å². The maximum absolute atomic E-state index is 11.4. The molecular weight excluding hydrogens is 332 g/mol. The van der Waals surface area contributed by atoms with E-state index in [1.165, 1.54) is 0 Å². The fraction of sp³-hybridized carbons (Fsp3) is 0.667. The minimum Gasteiger partial charge on any atom is -0.453 e. The molecule has 2 heterocycles. The lowest BCUT2D eigenvalue weighted by molar-refractivity contribution is -0.183. The summed E-state index contributed by atoms with van der Waals surface area (Å²) in [7, 11) is 0. The van der Waals surface area contributed by atoms with Crippen molar-refractivity contribution < 1.29 is 19.0 Å². The SMILES string of the molecule is CC1(C)O[C@@H]2[C@H](C=C(Br)Br)OC(=O)[C@@H]2O1. The van der Waals surface area contributed by atoms with Crippen molar-refractivity contribution in [2.24, 2.45) is 0 Å². The van der Waals surface area contributed by atoms with Crippen LogP contribution in [-0.2, 0) is 19.0 Å². The largest absolute Gasteiger partial charge is 0.453 e. The standard InChI is InChI=1S/C9H10Br2O4/c1-9(2)14-6-4(3-5(10)11)13-8(12)7(6)15-9/h3-4,6-7H,1-2H3/t4-,6+,7+/m0/s1. The number of rotatable bonds is 1. The van der Waals surface area contributed by atoms with E-state index in [-0.39, 0.29) is 12.1 Å². The average molecular weight is 342 g/mol. The lowest BCUT2D eigenvalue weighted by atomic mass is 10.1. The summed E-state index contributed by atoms with van der Waals surface area (Å²) in [6, 6.07) is 0. The maximum Gasteiger partial charge on any atom is 0.339 e. The average Bonchev–Trinajstić information content (AvgIpc) is 2.49. The molecule has 0 aromatic carbocycles. The first-order valence-corrected chi connectivity index (χ1v) is 6.06. The van der Waals surface area contributed by atoms with E-state index in [9.17, 15) is 4.79 Å².